The van der Waals surface area contributed by atoms with Crippen LogP contribution in [0.1, 0.15) is 5.56 Å². The summed E-state index contributed by atoms with van der Waals surface area (Å²) in [5.74, 6) is -0.319. The van der Waals surface area contributed by atoms with E-state index in [-0.39, 0.29) is 22.4 Å². The third kappa shape index (κ3) is 5.20. The van der Waals surface area contributed by atoms with Crippen molar-refractivity contribution in [1.82, 2.24) is 10.3 Å². The topological polar surface area (TPSA) is 131 Å². The SMILES string of the molecule is O=C(C=Cc1cccc([N+](=O)[O-])c1)NC(=S)Nc1ccc(-c2nc3ccccc3o2)c(O)c1. The van der Waals surface area contributed by atoms with Gasteiger partial charge in [0.1, 0.15) is 11.3 Å². The first kappa shape index (κ1) is 21.7. The molecule has 0 aliphatic heterocycles. The molecule has 0 fully saturated rings. The van der Waals surface area contributed by atoms with E-state index in [4.69, 9.17) is 16.6 Å². The molecule has 0 bridgehead atoms. The summed E-state index contributed by atoms with van der Waals surface area (Å²) in [7, 11) is 0. The van der Waals surface area contributed by atoms with Gasteiger partial charge in [-0.15, -0.1) is 0 Å². The fourth-order valence-corrected chi connectivity index (χ4v) is 3.23. The normalized spacial score (nSPS) is 10.9. The van der Waals surface area contributed by atoms with Gasteiger partial charge in [0.25, 0.3) is 5.69 Å². The van der Waals surface area contributed by atoms with Crippen molar-refractivity contribution in [2.24, 2.45) is 0 Å². The van der Waals surface area contributed by atoms with E-state index in [9.17, 15) is 20.0 Å². The van der Waals surface area contributed by atoms with E-state index in [1.54, 1.807) is 24.3 Å². The number of rotatable bonds is 5. The molecule has 33 heavy (non-hydrogen) atoms. The number of carbonyl (C=O) groups excluding carboxylic acids is 1. The number of aromatic nitrogens is 1. The molecular weight excluding hydrogens is 444 g/mol. The summed E-state index contributed by atoms with van der Waals surface area (Å²) in [4.78, 5) is 26.8. The van der Waals surface area contributed by atoms with Crippen molar-refractivity contribution < 1.29 is 19.2 Å². The molecule has 164 valence electrons. The molecule has 0 saturated carbocycles. The number of nitro benzene ring substituents is 1. The number of para-hydroxylation sites is 2. The largest absolute Gasteiger partial charge is 0.507 e. The van der Waals surface area contributed by atoms with Crippen LogP contribution in [0.3, 0.4) is 0 Å². The third-order valence-corrected chi connectivity index (χ3v) is 4.73. The number of carbonyl (C=O) groups is 1. The Bertz CT molecular complexity index is 1380. The highest BCUT2D eigenvalue weighted by atomic mass is 32.1. The molecule has 0 aliphatic rings. The van der Waals surface area contributed by atoms with Crippen molar-refractivity contribution in [2.75, 3.05) is 5.32 Å². The number of non-ortho nitro benzene ring substituents is 1. The summed E-state index contributed by atoms with van der Waals surface area (Å²) >= 11 is 5.13. The molecule has 0 spiro atoms. The number of phenolic OH excluding ortho intramolecular Hbond substituents is 1. The highest BCUT2D eigenvalue weighted by Crippen LogP contribution is 2.33. The molecule has 3 N–H and O–H groups in total. The van der Waals surface area contributed by atoms with Crippen molar-refractivity contribution in [2.45, 2.75) is 0 Å². The van der Waals surface area contributed by atoms with Gasteiger partial charge < -0.3 is 14.8 Å². The maximum Gasteiger partial charge on any atom is 0.270 e. The minimum Gasteiger partial charge on any atom is -0.507 e. The lowest BCUT2D eigenvalue weighted by Gasteiger charge is -2.09. The van der Waals surface area contributed by atoms with Gasteiger partial charge in [0, 0.05) is 30.0 Å². The second-order valence-corrected chi connectivity index (χ2v) is 7.26. The van der Waals surface area contributed by atoms with Crippen LogP contribution in [-0.2, 0) is 4.79 Å². The molecule has 0 unspecified atom stereocenters. The number of phenols is 1. The zero-order chi connectivity index (χ0) is 23.4. The Hall–Kier alpha value is -4.57. The number of aromatic hydroxyl groups is 1. The molecule has 9 nitrogen and oxygen atoms in total. The first-order valence-electron chi connectivity index (χ1n) is 9.62. The van der Waals surface area contributed by atoms with Crippen molar-refractivity contribution >= 4 is 51.8 Å². The van der Waals surface area contributed by atoms with E-state index in [1.807, 2.05) is 18.2 Å². The van der Waals surface area contributed by atoms with Gasteiger partial charge in [-0.1, -0.05) is 24.3 Å². The average Bonchev–Trinajstić information content (AvgIpc) is 3.22. The minimum atomic E-state index is -0.522. The molecule has 1 aromatic heterocycles. The van der Waals surface area contributed by atoms with Crippen LogP contribution in [-0.4, -0.2) is 26.0 Å². The van der Waals surface area contributed by atoms with Gasteiger partial charge in [0.2, 0.25) is 11.8 Å². The molecule has 0 atom stereocenters. The van der Waals surface area contributed by atoms with Gasteiger partial charge >= 0.3 is 0 Å². The second kappa shape index (κ2) is 9.28. The van der Waals surface area contributed by atoms with E-state index in [0.29, 0.717) is 27.9 Å². The number of nitrogens with one attached hydrogen (secondary N) is 2. The van der Waals surface area contributed by atoms with Crippen molar-refractivity contribution in [3.05, 3.63) is 88.5 Å². The van der Waals surface area contributed by atoms with E-state index in [2.05, 4.69) is 15.6 Å². The number of nitrogens with zero attached hydrogens (tertiary/aromatic N) is 2. The Morgan fingerprint density at radius 1 is 1.12 bits per heavy atom. The second-order valence-electron chi connectivity index (χ2n) is 6.85. The summed E-state index contributed by atoms with van der Waals surface area (Å²) in [5.41, 5.74) is 2.56. The lowest BCUT2D eigenvalue weighted by atomic mass is 10.2. The number of oxazole rings is 1. The maximum absolute atomic E-state index is 12.1. The number of nitro groups is 1. The predicted octanol–water partition coefficient (Wildman–Crippen LogP) is 4.64. The minimum absolute atomic E-state index is 0.0118. The van der Waals surface area contributed by atoms with Gasteiger partial charge in [0.15, 0.2) is 10.7 Å². The lowest BCUT2D eigenvalue weighted by molar-refractivity contribution is -0.384. The maximum atomic E-state index is 12.1. The Balaban J connectivity index is 1.39. The predicted molar refractivity (Wildman–Crippen MR) is 128 cm³/mol. The van der Waals surface area contributed by atoms with Crippen LogP contribution in [0.2, 0.25) is 0 Å². The van der Waals surface area contributed by atoms with Crippen LogP contribution in [0.5, 0.6) is 5.75 Å². The summed E-state index contributed by atoms with van der Waals surface area (Å²) < 4.78 is 5.67. The van der Waals surface area contributed by atoms with Crippen molar-refractivity contribution in [1.29, 1.82) is 0 Å². The highest BCUT2D eigenvalue weighted by Gasteiger charge is 2.13. The Morgan fingerprint density at radius 2 is 1.94 bits per heavy atom. The van der Waals surface area contributed by atoms with Gasteiger partial charge in [-0.05, 0) is 48.1 Å². The molecule has 10 heteroatoms. The number of anilines is 1. The summed E-state index contributed by atoms with van der Waals surface area (Å²) in [6.45, 7) is 0. The van der Waals surface area contributed by atoms with E-state index < -0.39 is 10.8 Å². The Morgan fingerprint density at radius 3 is 2.70 bits per heavy atom. The number of hydrogen-bond donors (Lipinski definition) is 3. The van der Waals surface area contributed by atoms with Gasteiger partial charge in [-0.25, -0.2) is 4.98 Å². The number of hydrogen-bond acceptors (Lipinski definition) is 7. The highest BCUT2D eigenvalue weighted by molar-refractivity contribution is 7.80. The standard InChI is InChI=1S/C23H16N4O5S/c28-19-13-15(9-10-17(19)22-25-18-6-1-2-7-20(18)32-22)24-23(33)26-21(29)11-8-14-4-3-5-16(12-14)27(30)31/h1-13,28H,(H2,24,26,29,33). The zero-order valence-electron chi connectivity index (χ0n) is 16.9. The summed E-state index contributed by atoms with van der Waals surface area (Å²) in [6.07, 6.45) is 2.65. The molecule has 1 heterocycles. The van der Waals surface area contributed by atoms with Crippen LogP contribution in [0.25, 0.3) is 28.6 Å². The third-order valence-electron chi connectivity index (χ3n) is 4.52. The van der Waals surface area contributed by atoms with Crippen LogP contribution < -0.4 is 10.6 Å². The van der Waals surface area contributed by atoms with E-state index in [1.165, 1.54) is 36.4 Å². The first-order valence-corrected chi connectivity index (χ1v) is 10.0. The summed E-state index contributed by atoms with van der Waals surface area (Å²) in [5, 5.41) is 26.5. The van der Waals surface area contributed by atoms with E-state index >= 15 is 0 Å². The number of thiocarbonyl (C=S) groups is 1. The monoisotopic (exact) mass is 460 g/mol. The van der Waals surface area contributed by atoms with Gasteiger partial charge in [-0.2, -0.15) is 0 Å². The van der Waals surface area contributed by atoms with Gasteiger partial charge in [-0.3, -0.25) is 20.2 Å². The molecule has 0 saturated heterocycles. The molecule has 0 radical (unpaired) electrons. The van der Waals surface area contributed by atoms with Gasteiger partial charge in [0.05, 0.1) is 10.5 Å². The molecule has 1 amide bonds. The van der Waals surface area contributed by atoms with Crippen molar-refractivity contribution in [3.8, 4) is 17.2 Å². The molecule has 0 aliphatic carbocycles. The fourth-order valence-electron chi connectivity index (χ4n) is 3.01. The van der Waals surface area contributed by atoms with Crippen molar-refractivity contribution in [3.63, 3.8) is 0 Å². The number of amides is 1. The molecule has 3 aromatic carbocycles. The van der Waals surface area contributed by atoms with Crippen LogP contribution in [0.4, 0.5) is 11.4 Å². The Labute approximate surface area is 192 Å². The molecule has 4 rings (SSSR count). The zero-order valence-corrected chi connectivity index (χ0v) is 17.7. The lowest BCUT2D eigenvalue weighted by Crippen LogP contribution is -2.32. The van der Waals surface area contributed by atoms with Crippen LogP contribution in [0.15, 0.2) is 77.2 Å². The summed E-state index contributed by atoms with van der Waals surface area (Å²) in [6, 6.07) is 17.8. The number of benzene rings is 3. The quantitative estimate of drug-likeness (QED) is 0.170. The molecule has 4 aromatic rings. The fraction of sp³-hybridized carbons (Fsp3) is 0. The van der Waals surface area contributed by atoms with Crippen LogP contribution in [0, 0.1) is 10.1 Å². The molecular formula is C23H16N4O5S. The number of fused-ring (bicyclic) bond motifs is 1. The average molecular weight is 460 g/mol. The first-order chi connectivity index (χ1) is 15.9. The smallest absolute Gasteiger partial charge is 0.270 e. The van der Waals surface area contributed by atoms with E-state index in [0.717, 1.165) is 0 Å². The Kier molecular flexibility index (Phi) is 6.09. The van der Waals surface area contributed by atoms with Crippen LogP contribution >= 0.6 is 12.2 Å².